The third-order valence-electron chi connectivity index (χ3n) is 15.9. The van der Waals surface area contributed by atoms with Crippen molar-refractivity contribution >= 4 is 56.0 Å². The maximum atomic E-state index is 3.88. The van der Waals surface area contributed by atoms with Crippen LogP contribution in [-0.2, 0) is 83.0 Å². The van der Waals surface area contributed by atoms with Crippen molar-refractivity contribution in [3.05, 3.63) is 225 Å². The Bertz CT molecular complexity index is 3010. The molecule has 0 amide bonds. The number of rotatable bonds is 2. The molecule has 0 heterocycles. The summed E-state index contributed by atoms with van der Waals surface area (Å²) in [5.41, 5.74) is 25.1. The zero-order valence-electron chi connectivity index (χ0n) is 53.1. The van der Waals surface area contributed by atoms with Gasteiger partial charge in [-0.1, -0.05) is 203 Å². The van der Waals surface area contributed by atoms with Gasteiger partial charge in [0, 0.05) is 0 Å². The van der Waals surface area contributed by atoms with Crippen LogP contribution in [0.5, 0.6) is 0 Å². The summed E-state index contributed by atoms with van der Waals surface area (Å²) in [6.07, 6.45) is 16.6. The van der Waals surface area contributed by atoms with Gasteiger partial charge < -0.3 is 0 Å². The van der Waals surface area contributed by atoms with E-state index in [1.165, 1.54) is 164 Å². The molecule has 0 aliphatic heterocycles. The molecule has 0 aromatic heterocycles. The zero-order chi connectivity index (χ0) is 57.8. The van der Waals surface area contributed by atoms with Gasteiger partial charge in [0.2, 0.25) is 0 Å². The molecule has 0 radical (unpaired) electrons. The van der Waals surface area contributed by atoms with Crippen LogP contribution in [0.15, 0.2) is 158 Å². The molecule has 444 valence electrons. The number of hydrogen-bond donors (Lipinski definition) is 0. The van der Waals surface area contributed by atoms with Crippen LogP contribution in [0.25, 0.3) is 44.5 Å². The molecule has 84 heavy (non-hydrogen) atoms. The van der Waals surface area contributed by atoms with Crippen LogP contribution in [0, 0.1) is 26.0 Å². The maximum Gasteiger partial charge on any atom is -0.172 e. The summed E-state index contributed by atoms with van der Waals surface area (Å²) in [4.78, 5) is 0. The van der Waals surface area contributed by atoms with E-state index >= 15 is 0 Å². The van der Waals surface area contributed by atoms with Crippen molar-refractivity contribution in [1.29, 1.82) is 0 Å². The first-order valence-electron chi connectivity index (χ1n) is 29.9. The molecule has 8 aromatic carbocycles. The number of aryl methyl sites for hydroxylation is 2. The Balaban J connectivity index is 0.000000310. The number of benzene rings is 6. The predicted molar refractivity (Wildman–Crippen MR) is 371 cm³/mol. The van der Waals surface area contributed by atoms with Crippen molar-refractivity contribution < 1.29 is 48.5 Å². The molecule has 0 N–H and O–H groups in total. The third kappa shape index (κ3) is 20.9. The van der Waals surface area contributed by atoms with Crippen LogP contribution in [-0.4, -0.2) is 6.41 Å². The van der Waals surface area contributed by atoms with Gasteiger partial charge in [0.25, 0.3) is 0 Å². The smallest absolute Gasteiger partial charge is 0.172 e. The van der Waals surface area contributed by atoms with E-state index in [9.17, 15) is 0 Å². The van der Waals surface area contributed by atoms with Gasteiger partial charge >= 0.3 is 119 Å². The third-order valence-corrected chi connectivity index (χ3v) is 18.4. The van der Waals surface area contributed by atoms with Crippen molar-refractivity contribution in [2.75, 3.05) is 0 Å². The van der Waals surface area contributed by atoms with Crippen molar-refractivity contribution in [3.63, 3.8) is 0 Å². The average Bonchev–Trinajstić information content (AvgIpc) is 1.78. The SMILES string of the molecule is CC(C)(C)c1cc2c([c-]c1-c1ccccc1)Cc1cc(-c3ccccc3)c(C(C)(C)C)cc1-2.Cc1[c-]c2c(cc1C(C)(C)C)-c1cc(C(C)(C)C)c(C)cc1C2.Cl.Cl.Cl.Cl.[Zr+2]=[C]1CCCCC1.[Zr+2]=[C]1CCCCC1.c1cc[cH-]c1.c1cc[cH-]c1. The van der Waals surface area contributed by atoms with E-state index in [0.29, 0.717) is 0 Å². The molecule has 4 aliphatic rings. The Morgan fingerprint density at radius 1 is 0.369 bits per heavy atom. The van der Waals surface area contributed by atoms with Gasteiger partial charge in [-0.25, -0.2) is 24.3 Å². The minimum atomic E-state index is 0. The molecule has 2 saturated carbocycles. The van der Waals surface area contributed by atoms with Crippen LogP contribution >= 0.6 is 49.6 Å². The molecule has 0 nitrogen and oxygen atoms in total. The molecule has 0 spiro atoms. The monoisotopic (exact) mass is 1350 g/mol. The van der Waals surface area contributed by atoms with Crippen molar-refractivity contribution in [2.45, 2.75) is 196 Å². The minimum Gasteiger partial charge on any atom is -0.214 e. The fourth-order valence-electron chi connectivity index (χ4n) is 11.7. The van der Waals surface area contributed by atoms with Gasteiger partial charge in [-0.2, -0.15) is 54.1 Å². The van der Waals surface area contributed by atoms with Crippen LogP contribution < -0.4 is 0 Å². The first-order valence-corrected chi connectivity index (χ1v) is 32.4. The molecule has 0 bridgehead atoms. The van der Waals surface area contributed by atoms with Gasteiger partial charge in [-0.05, 0) is 75.0 Å². The Hall–Kier alpha value is -3.31. The molecular formula is C78H96Cl4Zr2. The van der Waals surface area contributed by atoms with E-state index in [1.54, 1.807) is 54.9 Å². The molecule has 0 saturated heterocycles. The fraction of sp³-hybridized carbons (Fsp3) is 0.385. The number of fused-ring (bicyclic) bond motifs is 6. The first kappa shape index (κ1) is 74.9. The molecule has 0 unspecified atom stereocenters. The Kier molecular flexibility index (Phi) is 30.2. The predicted octanol–water partition coefficient (Wildman–Crippen LogP) is 23.1. The van der Waals surface area contributed by atoms with E-state index in [4.69, 9.17) is 0 Å². The number of hydrogen-bond acceptors (Lipinski definition) is 0. The zero-order valence-corrected chi connectivity index (χ0v) is 61.3. The van der Waals surface area contributed by atoms with Crippen molar-refractivity contribution in [1.82, 2.24) is 0 Å². The largest absolute Gasteiger partial charge is 0.214 e. The second-order valence-electron chi connectivity index (χ2n) is 26.9. The Morgan fingerprint density at radius 3 is 1.12 bits per heavy atom. The minimum absolute atomic E-state index is 0. The summed E-state index contributed by atoms with van der Waals surface area (Å²) >= 11 is 3.38. The van der Waals surface area contributed by atoms with E-state index in [0.717, 1.165) is 12.8 Å². The van der Waals surface area contributed by atoms with E-state index in [-0.39, 0.29) is 71.3 Å². The molecule has 0 atom stereocenters. The van der Waals surface area contributed by atoms with Crippen molar-refractivity contribution in [2.24, 2.45) is 0 Å². The molecule has 6 heteroatoms. The van der Waals surface area contributed by atoms with Crippen LogP contribution in [0.1, 0.15) is 203 Å². The fourth-order valence-corrected chi connectivity index (χ4v) is 13.5. The van der Waals surface area contributed by atoms with Crippen LogP contribution in [0.3, 0.4) is 0 Å². The van der Waals surface area contributed by atoms with Gasteiger partial charge in [-0.3, -0.25) is 0 Å². The van der Waals surface area contributed by atoms with Crippen molar-refractivity contribution in [3.8, 4) is 44.5 Å². The van der Waals surface area contributed by atoms with Gasteiger partial charge in [0.1, 0.15) is 0 Å². The molecule has 2 fully saturated rings. The van der Waals surface area contributed by atoms with Crippen LogP contribution in [0.2, 0.25) is 0 Å². The van der Waals surface area contributed by atoms with Gasteiger partial charge in [-0.15, -0.1) is 95.1 Å². The Labute approximate surface area is 564 Å². The summed E-state index contributed by atoms with van der Waals surface area (Å²) < 4.78 is 3.61. The second-order valence-corrected chi connectivity index (χ2v) is 30.3. The summed E-state index contributed by atoms with van der Waals surface area (Å²) in [7, 11) is 0. The molecule has 8 aromatic rings. The summed E-state index contributed by atoms with van der Waals surface area (Å²) in [5.74, 6) is 0. The first-order chi connectivity index (χ1) is 37.9. The van der Waals surface area contributed by atoms with E-state index in [2.05, 4.69) is 206 Å². The average molecular weight is 1360 g/mol. The molecule has 4 aliphatic carbocycles. The second kappa shape index (κ2) is 33.9. The normalized spacial score (nSPS) is 13.7. The van der Waals surface area contributed by atoms with E-state index in [1.807, 2.05) is 60.7 Å². The standard InChI is InChI=1S/C33H33.C23H29.2C6H10.2C5H5.4ClH.2Zr/c1-32(2,3)30-20-26-24(18-28(30)22-13-9-7-10-14-22)17-25-19-29(23-15-11-8-12-16-23)31(21-27(25)26)33(4,5)6;1-14-9-16-11-17-10-15(2)21(23(6,7)8)13-19(17)18(16)12-20(14)22(3,4)5;2*1-2-4-6-5-3-1;2*1-2-4-5-3-1;;;;;;/h7-16,18,20-21H,17H2,1-6H3;9,12-13H,11H2,1-8H3;2*1-5H2;2*1-5H;4*1H;;/q2*-1;;;2*-1;;;;;2*+2. The Morgan fingerprint density at radius 2 is 0.738 bits per heavy atom. The summed E-state index contributed by atoms with van der Waals surface area (Å²) in [6.45, 7) is 32.1. The summed E-state index contributed by atoms with van der Waals surface area (Å²) in [6, 6.07) is 63.8. The summed E-state index contributed by atoms with van der Waals surface area (Å²) in [5, 5.41) is 0. The molecular weight excluding hydrogens is 1260 g/mol. The maximum absolute atomic E-state index is 3.88. The topological polar surface area (TPSA) is 0 Å². The molecule has 12 rings (SSSR count). The number of halogens is 4. The van der Waals surface area contributed by atoms with E-state index < -0.39 is 0 Å². The van der Waals surface area contributed by atoms with Gasteiger partial charge in [0.15, 0.2) is 0 Å². The van der Waals surface area contributed by atoms with Gasteiger partial charge in [0.05, 0.1) is 0 Å². The quantitative estimate of drug-likeness (QED) is 0.151. The van der Waals surface area contributed by atoms with Crippen LogP contribution in [0.4, 0.5) is 0 Å².